The van der Waals surface area contributed by atoms with Crippen molar-refractivity contribution in [2.45, 2.75) is 58.1 Å². The Balaban J connectivity index is 2.11. The van der Waals surface area contributed by atoms with Crippen molar-refractivity contribution >= 4 is 0 Å². The summed E-state index contributed by atoms with van der Waals surface area (Å²) in [5.74, 6) is 1.07. The molecule has 2 rings (SSSR count). The van der Waals surface area contributed by atoms with Crippen molar-refractivity contribution < 1.29 is 5.11 Å². The smallest absolute Gasteiger partial charge is 0.0620 e. The Morgan fingerprint density at radius 2 is 1.47 bits per heavy atom. The summed E-state index contributed by atoms with van der Waals surface area (Å²) in [4.78, 5) is 2.57. The summed E-state index contributed by atoms with van der Waals surface area (Å²) in [7, 11) is 0. The molecule has 15 heavy (non-hydrogen) atoms. The van der Waals surface area contributed by atoms with Crippen LogP contribution in [-0.4, -0.2) is 34.7 Å². The molecule has 0 amide bonds. The minimum atomic E-state index is -0.0221. The van der Waals surface area contributed by atoms with Gasteiger partial charge < -0.3 is 5.11 Å². The van der Waals surface area contributed by atoms with Crippen LogP contribution in [0.15, 0.2) is 0 Å². The second-order valence-electron chi connectivity index (χ2n) is 6.37. The van der Waals surface area contributed by atoms with Crippen LogP contribution in [0.25, 0.3) is 0 Å². The maximum atomic E-state index is 10.2. The average molecular weight is 211 g/mol. The van der Waals surface area contributed by atoms with Gasteiger partial charge in [-0.05, 0) is 45.4 Å². The maximum absolute atomic E-state index is 10.2. The van der Waals surface area contributed by atoms with Gasteiger partial charge in [0.05, 0.1) is 6.10 Å². The number of aliphatic hydroxyl groups excluding tert-OH is 1. The minimum absolute atomic E-state index is 0.0221. The second-order valence-corrected chi connectivity index (χ2v) is 6.37. The number of aliphatic hydroxyl groups is 1. The third kappa shape index (κ3) is 2.36. The van der Waals surface area contributed by atoms with E-state index >= 15 is 0 Å². The van der Waals surface area contributed by atoms with Crippen LogP contribution in [0.3, 0.4) is 0 Å². The molecular weight excluding hydrogens is 186 g/mol. The summed E-state index contributed by atoms with van der Waals surface area (Å²) in [6, 6.07) is 0. The molecule has 88 valence electrons. The number of nitrogens with zero attached hydrogens (tertiary/aromatic N) is 1. The van der Waals surface area contributed by atoms with Crippen molar-refractivity contribution in [1.29, 1.82) is 0 Å². The van der Waals surface area contributed by atoms with Crippen molar-refractivity contribution in [3.8, 4) is 0 Å². The van der Waals surface area contributed by atoms with Crippen LogP contribution >= 0.6 is 0 Å². The number of rotatable bonds is 0. The quantitative estimate of drug-likeness (QED) is 0.664. The van der Waals surface area contributed by atoms with Gasteiger partial charge in [0, 0.05) is 18.6 Å². The zero-order valence-corrected chi connectivity index (χ0v) is 10.4. The molecule has 0 spiro atoms. The molecule has 0 aromatic rings. The molecule has 0 unspecified atom stereocenters. The summed E-state index contributed by atoms with van der Waals surface area (Å²) in [5.41, 5.74) is 0.265. The van der Waals surface area contributed by atoms with Crippen LogP contribution in [0.4, 0.5) is 0 Å². The Bertz CT molecular complexity index is 205. The van der Waals surface area contributed by atoms with E-state index in [1.807, 2.05) is 0 Å². The Morgan fingerprint density at radius 3 is 1.87 bits per heavy atom. The van der Waals surface area contributed by atoms with E-state index in [4.69, 9.17) is 0 Å². The van der Waals surface area contributed by atoms with Crippen molar-refractivity contribution in [3.05, 3.63) is 0 Å². The van der Waals surface area contributed by atoms with Crippen molar-refractivity contribution in [3.63, 3.8) is 0 Å². The van der Waals surface area contributed by atoms with Gasteiger partial charge in [-0.2, -0.15) is 0 Å². The molecule has 2 atom stereocenters. The van der Waals surface area contributed by atoms with E-state index < -0.39 is 0 Å². The maximum Gasteiger partial charge on any atom is 0.0620 e. The van der Waals surface area contributed by atoms with Crippen LogP contribution in [0.5, 0.6) is 0 Å². The van der Waals surface area contributed by atoms with E-state index in [1.54, 1.807) is 0 Å². The van der Waals surface area contributed by atoms with E-state index in [2.05, 4.69) is 25.7 Å². The molecule has 2 bridgehead atoms. The predicted octanol–water partition coefficient (Wildman–Crippen LogP) is 2.27. The third-order valence-electron chi connectivity index (χ3n) is 4.22. The zero-order chi connectivity index (χ0) is 11.1. The molecule has 0 aromatic carbocycles. The van der Waals surface area contributed by atoms with Gasteiger partial charge in [-0.1, -0.05) is 12.8 Å². The average Bonchev–Trinajstić information content (AvgIpc) is 2.27. The van der Waals surface area contributed by atoms with E-state index in [-0.39, 0.29) is 11.6 Å². The first-order chi connectivity index (χ1) is 6.98. The normalized spacial score (nSPS) is 38.8. The molecule has 1 saturated heterocycles. The molecule has 0 radical (unpaired) electrons. The first kappa shape index (κ1) is 11.4. The van der Waals surface area contributed by atoms with Crippen molar-refractivity contribution in [2.24, 2.45) is 11.8 Å². The molecule has 1 N–H and O–H groups in total. The lowest BCUT2D eigenvalue weighted by Crippen LogP contribution is -2.54. The van der Waals surface area contributed by atoms with Gasteiger partial charge >= 0.3 is 0 Å². The number of hydrogen-bond donors (Lipinski definition) is 1. The molecule has 2 heteroatoms. The van der Waals surface area contributed by atoms with Gasteiger partial charge in [-0.3, -0.25) is 4.90 Å². The van der Waals surface area contributed by atoms with Gasteiger partial charge in [-0.15, -0.1) is 0 Å². The van der Waals surface area contributed by atoms with Crippen LogP contribution < -0.4 is 0 Å². The number of piperidine rings is 1. The molecule has 1 aliphatic carbocycles. The zero-order valence-electron chi connectivity index (χ0n) is 10.4. The molecule has 0 aromatic heterocycles. The minimum Gasteiger partial charge on any atom is -0.392 e. The molecule has 1 aliphatic heterocycles. The topological polar surface area (TPSA) is 23.5 Å². The second kappa shape index (κ2) is 4.06. The lowest BCUT2D eigenvalue weighted by molar-refractivity contribution is -0.0479. The highest BCUT2D eigenvalue weighted by atomic mass is 16.3. The fourth-order valence-corrected chi connectivity index (χ4v) is 3.13. The largest absolute Gasteiger partial charge is 0.392 e. The number of hydrogen-bond acceptors (Lipinski definition) is 2. The lowest BCUT2D eigenvalue weighted by Gasteiger charge is -2.46. The summed E-state index contributed by atoms with van der Waals surface area (Å²) >= 11 is 0. The predicted molar refractivity (Wildman–Crippen MR) is 62.8 cm³/mol. The Morgan fingerprint density at radius 1 is 1.00 bits per heavy atom. The highest BCUT2D eigenvalue weighted by Crippen LogP contribution is 2.35. The highest BCUT2D eigenvalue weighted by Gasteiger charge is 2.39. The molecule has 2 aliphatic rings. The Kier molecular flexibility index (Phi) is 3.09. The summed E-state index contributed by atoms with van der Waals surface area (Å²) in [6.45, 7) is 9.06. The van der Waals surface area contributed by atoms with Gasteiger partial charge in [-0.25, -0.2) is 0 Å². The van der Waals surface area contributed by atoms with E-state index in [0.717, 1.165) is 13.1 Å². The summed E-state index contributed by atoms with van der Waals surface area (Å²) in [6.07, 6.45) is 5.06. The Labute approximate surface area is 93.7 Å². The van der Waals surface area contributed by atoms with Gasteiger partial charge in [0.1, 0.15) is 0 Å². The molecule has 1 heterocycles. The van der Waals surface area contributed by atoms with E-state index in [9.17, 15) is 5.11 Å². The lowest BCUT2D eigenvalue weighted by atomic mass is 9.83. The van der Waals surface area contributed by atoms with Crippen LogP contribution in [0.1, 0.15) is 46.5 Å². The summed E-state index contributed by atoms with van der Waals surface area (Å²) in [5, 5.41) is 10.2. The highest BCUT2D eigenvalue weighted by molar-refractivity contribution is 4.92. The SMILES string of the molecule is CC(C)(C)N1C[C@@H]2CCCC[C@@H](C1)C2O. The van der Waals surface area contributed by atoms with Crippen LogP contribution in [-0.2, 0) is 0 Å². The molecular formula is C13H25NO. The molecule has 1 saturated carbocycles. The Hall–Kier alpha value is -0.0800. The van der Waals surface area contributed by atoms with Gasteiger partial charge in [0.25, 0.3) is 0 Å². The molecule has 2 nitrogen and oxygen atoms in total. The van der Waals surface area contributed by atoms with Crippen LogP contribution in [0.2, 0.25) is 0 Å². The first-order valence-corrected chi connectivity index (χ1v) is 6.41. The monoisotopic (exact) mass is 211 g/mol. The van der Waals surface area contributed by atoms with E-state index in [1.165, 1.54) is 25.7 Å². The number of likely N-dealkylation sites (tertiary alicyclic amines) is 1. The molecule has 2 fully saturated rings. The van der Waals surface area contributed by atoms with Crippen LogP contribution in [0, 0.1) is 11.8 Å². The number of fused-ring (bicyclic) bond motifs is 2. The fraction of sp³-hybridized carbons (Fsp3) is 1.00. The van der Waals surface area contributed by atoms with Crippen molar-refractivity contribution in [2.75, 3.05) is 13.1 Å². The van der Waals surface area contributed by atoms with Crippen molar-refractivity contribution in [1.82, 2.24) is 4.90 Å². The first-order valence-electron chi connectivity index (χ1n) is 6.41. The fourth-order valence-electron chi connectivity index (χ4n) is 3.13. The van der Waals surface area contributed by atoms with E-state index in [0.29, 0.717) is 11.8 Å². The third-order valence-corrected chi connectivity index (χ3v) is 4.22. The standard InChI is InChI=1S/C13H25NO/c1-13(2,3)14-8-10-6-4-5-7-11(9-14)12(10)15/h10-12,15H,4-9H2,1-3H3/t10-,11-/m0/s1. The van der Waals surface area contributed by atoms with Gasteiger partial charge in [0.2, 0.25) is 0 Å². The van der Waals surface area contributed by atoms with Gasteiger partial charge in [0.15, 0.2) is 0 Å². The summed E-state index contributed by atoms with van der Waals surface area (Å²) < 4.78 is 0.